The van der Waals surface area contributed by atoms with Crippen LogP contribution in [0, 0.1) is 0 Å². The summed E-state index contributed by atoms with van der Waals surface area (Å²) in [4.78, 5) is 16.3. The number of carbonyl (C=O) groups excluding carboxylic acids is 1. The van der Waals surface area contributed by atoms with Crippen LogP contribution in [-0.2, 0) is 4.74 Å². The van der Waals surface area contributed by atoms with Crippen LogP contribution in [-0.4, -0.2) is 36.7 Å². The van der Waals surface area contributed by atoms with Crippen molar-refractivity contribution in [1.82, 2.24) is 24.1 Å². The lowest BCUT2D eigenvalue weighted by molar-refractivity contribution is 0.0534. The Labute approximate surface area is 122 Å². The summed E-state index contributed by atoms with van der Waals surface area (Å²) < 4.78 is 10.8. The van der Waals surface area contributed by atoms with Gasteiger partial charge in [-0.3, -0.25) is 4.57 Å². The Morgan fingerprint density at radius 1 is 1.45 bits per heavy atom. The standard InChI is InChI=1S/C11H8ClN5O2S/c1-2-19-11(18)9-8-10(16-20-9)17(5-13-8)7-4-3-6(12)14-15-7/h3-5H,2H2,1H3. The summed E-state index contributed by atoms with van der Waals surface area (Å²) in [5.74, 6) is 0.102. The highest BCUT2D eigenvalue weighted by atomic mass is 35.5. The molecule has 0 fully saturated rings. The van der Waals surface area contributed by atoms with Crippen LogP contribution in [0.1, 0.15) is 16.6 Å². The second-order valence-electron chi connectivity index (χ2n) is 3.73. The molecule has 0 unspecified atom stereocenters. The first-order chi connectivity index (χ1) is 9.70. The SMILES string of the molecule is CCOC(=O)c1snc2c1ncn2-c1ccc(Cl)nn1. The van der Waals surface area contributed by atoms with E-state index in [0.717, 1.165) is 11.5 Å². The molecular formula is C11H8ClN5O2S. The van der Waals surface area contributed by atoms with E-state index in [1.54, 1.807) is 23.6 Å². The zero-order valence-corrected chi connectivity index (χ0v) is 11.9. The summed E-state index contributed by atoms with van der Waals surface area (Å²) in [5, 5.41) is 8.02. The van der Waals surface area contributed by atoms with Crippen LogP contribution in [0.25, 0.3) is 17.0 Å². The second kappa shape index (κ2) is 5.14. The zero-order chi connectivity index (χ0) is 14.1. The Morgan fingerprint density at radius 3 is 3.00 bits per heavy atom. The number of imidazole rings is 1. The van der Waals surface area contributed by atoms with Crippen LogP contribution in [0.3, 0.4) is 0 Å². The molecule has 0 aliphatic rings. The summed E-state index contributed by atoms with van der Waals surface area (Å²) in [5.41, 5.74) is 1.03. The van der Waals surface area contributed by atoms with Crippen molar-refractivity contribution in [2.24, 2.45) is 0 Å². The van der Waals surface area contributed by atoms with Crippen LogP contribution in [0.4, 0.5) is 0 Å². The molecule has 0 atom stereocenters. The van der Waals surface area contributed by atoms with E-state index in [-0.39, 0.29) is 0 Å². The molecule has 0 saturated heterocycles. The summed E-state index contributed by atoms with van der Waals surface area (Å²) in [6.45, 7) is 2.06. The Morgan fingerprint density at radius 2 is 2.30 bits per heavy atom. The Kier molecular flexibility index (Phi) is 3.33. The number of esters is 1. The molecule has 9 heteroatoms. The highest BCUT2D eigenvalue weighted by Gasteiger charge is 2.20. The largest absolute Gasteiger partial charge is 0.462 e. The highest BCUT2D eigenvalue weighted by Crippen LogP contribution is 2.23. The molecule has 20 heavy (non-hydrogen) atoms. The maximum atomic E-state index is 11.8. The second-order valence-corrected chi connectivity index (χ2v) is 4.89. The van der Waals surface area contributed by atoms with Crippen molar-refractivity contribution in [3.05, 3.63) is 28.5 Å². The van der Waals surface area contributed by atoms with Gasteiger partial charge in [0, 0.05) is 0 Å². The quantitative estimate of drug-likeness (QED) is 0.689. The predicted octanol–water partition coefficient (Wildman–Crippen LogP) is 2.10. The number of nitrogens with zero attached hydrogens (tertiary/aromatic N) is 5. The molecule has 0 aromatic carbocycles. The van der Waals surface area contributed by atoms with E-state index in [2.05, 4.69) is 19.6 Å². The van der Waals surface area contributed by atoms with Gasteiger partial charge in [0.15, 0.2) is 21.5 Å². The van der Waals surface area contributed by atoms with Crippen molar-refractivity contribution in [1.29, 1.82) is 0 Å². The van der Waals surface area contributed by atoms with Gasteiger partial charge in [-0.15, -0.1) is 10.2 Å². The lowest BCUT2D eigenvalue weighted by atomic mass is 10.4. The molecule has 102 valence electrons. The van der Waals surface area contributed by atoms with Crippen LogP contribution in [0.2, 0.25) is 5.15 Å². The van der Waals surface area contributed by atoms with Gasteiger partial charge in [-0.2, -0.15) is 4.37 Å². The number of aromatic nitrogens is 5. The molecule has 0 amide bonds. The number of carbonyl (C=O) groups is 1. The molecule has 0 saturated carbocycles. The smallest absolute Gasteiger partial charge is 0.352 e. The predicted molar refractivity (Wildman–Crippen MR) is 73.3 cm³/mol. The van der Waals surface area contributed by atoms with Crippen LogP contribution in [0.5, 0.6) is 0 Å². The molecule has 0 N–H and O–H groups in total. The minimum Gasteiger partial charge on any atom is -0.462 e. The highest BCUT2D eigenvalue weighted by molar-refractivity contribution is 7.09. The van der Waals surface area contributed by atoms with Crippen LogP contribution < -0.4 is 0 Å². The van der Waals surface area contributed by atoms with Gasteiger partial charge in [0.05, 0.1) is 6.61 Å². The molecule has 0 radical (unpaired) electrons. The number of hydrogen-bond donors (Lipinski definition) is 0. The van der Waals surface area contributed by atoms with Gasteiger partial charge in [0.1, 0.15) is 11.8 Å². The van der Waals surface area contributed by atoms with Crippen molar-refractivity contribution in [2.45, 2.75) is 6.92 Å². The molecular weight excluding hydrogens is 302 g/mol. The van der Waals surface area contributed by atoms with E-state index in [4.69, 9.17) is 16.3 Å². The van der Waals surface area contributed by atoms with Crippen LogP contribution in [0.15, 0.2) is 18.5 Å². The van der Waals surface area contributed by atoms with Crippen molar-refractivity contribution >= 4 is 40.3 Å². The van der Waals surface area contributed by atoms with Gasteiger partial charge >= 0.3 is 5.97 Å². The third-order valence-electron chi connectivity index (χ3n) is 2.51. The molecule has 0 spiro atoms. The monoisotopic (exact) mass is 309 g/mol. The van der Waals surface area contributed by atoms with Crippen molar-refractivity contribution in [2.75, 3.05) is 6.61 Å². The van der Waals surface area contributed by atoms with Crippen molar-refractivity contribution in [3.8, 4) is 5.82 Å². The van der Waals surface area contributed by atoms with Gasteiger partial charge in [0.2, 0.25) is 0 Å². The minimum atomic E-state index is -0.424. The average Bonchev–Trinajstić information content (AvgIpc) is 3.01. The fraction of sp³-hybridized carbons (Fsp3) is 0.182. The Balaban J connectivity index is 2.07. The minimum absolute atomic E-state index is 0.301. The van der Waals surface area contributed by atoms with E-state index in [0.29, 0.717) is 33.6 Å². The third kappa shape index (κ3) is 2.12. The number of rotatable bonds is 3. The van der Waals surface area contributed by atoms with E-state index in [1.165, 1.54) is 6.33 Å². The molecule has 3 heterocycles. The lowest BCUT2D eigenvalue weighted by Crippen LogP contribution is -2.02. The summed E-state index contributed by atoms with van der Waals surface area (Å²) in [6, 6.07) is 3.31. The molecule has 3 aromatic heterocycles. The summed E-state index contributed by atoms with van der Waals surface area (Å²) in [6.07, 6.45) is 1.53. The number of halogens is 1. The van der Waals surface area contributed by atoms with E-state index in [1.807, 2.05) is 0 Å². The lowest BCUT2D eigenvalue weighted by Gasteiger charge is -1.98. The Hall–Kier alpha value is -2.06. The molecule has 3 aromatic rings. The third-order valence-corrected chi connectivity index (χ3v) is 3.51. The summed E-state index contributed by atoms with van der Waals surface area (Å²) >= 11 is 6.75. The maximum Gasteiger partial charge on any atom is 0.352 e. The first kappa shape index (κ1) is 12.9. The maximum absolute atomic E-state index is 11.8. The van der Waals surface area contributed by atoms with Crippen molar-refractivity contribution in [3.63, 3.8) is 0 Å². The first-order valence-electron chi connectivity index (χ1n) is 5.70. The van der Waals surface area contributed by atoms with E-state index in [9.17, 15) is 4.79 Å². The normalized spacial score (nSPS) is 10.9. The van der Waals surface area contributed by atoms with Gasteiger partial charge in [-0.05, 0) is 30.6 Å². The topological polar surface area (TPSA) is 82.8 Å². The van der Waals surface area contributed by atoms with Crippen LogP contribution >= 0.6 is 23.1 Å². The molecule has 0 bridgehead atoms. The number of fused-ring (bicyclic) bond motifs is 1. The molecule has 3 rings (SSSR count). The average molecular weight is 310 g/mol. The fourth-order valence-corrected chi connectivity index (χ4v) is 2.47. The van der Waals surface area contributed by atoms with Gasteiger partial charge < -0.3 is 4.74 Å². The van der Waals surface area contributed by atoms with E-state index >= 15 is 0 Å². The van der Waals surface area contributed by atoms with E-state index < -0.39 is 5.97 Å². The number of hydrogen-bond acceptors (Lipinski definition) is 7. The van der Waals surface area contributed by atoms with Gasteiger partial charge in [0.25, 0.3) is 0 Å². The first-order valence-corrected chi connectivity index (χ1v) is 6.85. The van der Waals surface area contributed by atoms with Crippen molar-refractivity contribution < 1.29 is 9.53 Å². The van der Waals surface area contributed by atoms with Gasteiger partial charge in [-0.25, -0.2) is 9.78 Å². The fourth-order valence-electron chi connectivity index (χ4n) is 1.66. The molecule has 7 nitrogen and oxygen atoms in total. The zero-order valence-electron chi connectivity index (χ0n) is 10.3. The molecule has 0 aliphatic carbocycles. The van der Waals surface area contributed by atoms with Gasteiger partial charge in [-0.1, -0.05) is 11.6 Å². The Bertz CT molecular complexity index is 767. The number of ether oxygens (including phenoxy) is 1. The molecule has 0 aliphatic heterocycles. The summed E-state index contributed by atoms with van der Waals surface area (Å²) in [7, 11) is 0.